The standard InChI is InChI=1S/C12H11ClFN3OS/c13-7-3-6(1-2-8(7)14)5-17-10-4-9(15)11(19-10)12(16)18/h1-4,17H,5,15H2,(H2,16,18). The van der Waals surface area contributed by atoms with E-state index in [0.717, 1.165) is 5.56 Å². The van der Waals surface area contributed by atoms with Gasteiger partial charge in [0.05, 0.1) is 15.7 Å². The van der Waals surface area contributed by atoms with Crippen LogP contribution in [0.15, 0.2) is 24.3 Å². The Balaban J connectivity index is 2.08. The van der Waals surface area contributed by atoms with Crippen LogP contribution >= 0.6 is 22.9 Å². The van der Waals surface area contributed by atoms with Crippen LogP contribution in [-0.2, 0) is 6.54 Å². The molecule has 0 aliphatic heterocycles. The number of hydrogen-bond acceptors (Lipinski definition) is 4. The van der Waals surface area contributed by atoms with Gasteiger partial charge in [-0.1, -0.05) is 17.7 Å². The van der Waals surface area contributed by atoms with E-state index in [2.05, 4.69) is 5.32 Å². The molecule has 0 saturated heterocycles. The number of thiophene rings is 1. The van der Waals surface area contributed by atoms with Gasteiger partial charge in [-0.2, -0.15) is 0 Å². The van der Waals surface area contributed by atoms with E-state index in [-0.39, 0.29) is 5.02 Å². The quantitative estimate of drug-likeness (QED) is 0.812. The molecule has 19 heavy (non-hydrogen) atoms. The third kappa shape index (κ3) is 3.15. The zero-order chi connectivity index (χ0) is 14.0. The predicted molar refractivity (Wildman–Crippen MR) is 76.0 cm³/mol. The van der Waals surface area contributed by atoms with Crippen molar-refractivity contribution in [3.63, 3.8) is 0 Å². The highest BCUT2D eigenvalue weighted by Crippen LogP contribution is 2.29. The van der Waals surface area contributed by atoms with Crippen molar-refractivity contribution < 1.29 is 9.18 Å². The molecule has 5 N–H and O–H groups in total. The van der Waals surface area contributed by atoms with Crippen LogP contribution in [0, 0.1) is 5.82 Å². The van der Waals surface area contributed by atoms with Crippen LogP contribution in [-0.4, -0.2) is 5.91 Å². The lowest BCUT2D eigenvalue weighted by Crippen LogP contribution is -2.10. The first-order valence-corrected chi connectivity index (χ1v) is 6.53. The predicted octanol–water partition coefficient (Wildman–Crippen LogP) is 2.83. The molecule has 1 amide bonds. The molecular formula is C12H11ClFN3OS. The van der Waals surface area contributed by atoms with E-state index < -0.39 is 11.7 Å². The van der Waals surface area contributed by atoms with Crippen LogP contribution in [0.1, 0.15) is 15.2 Å². The van der Waals surface area contributed by atoms with E-state index in [4.69, 9.17) is 23.1 Å². The third-order valence-electron chi connectivity index (χ3n) is 2.44. The van der Waals surface area contributed by atoms with Crippen LogP contribution in [0.4, 0.5) is 15.1 Å². The lowest BCUT2D eigenvalue weighted by Gasteiger charge is -2.04. The lowest BCUT2D eigenvalue weighted by molar-refractivity contribution is 0.100. The highest BCUT2D eigenvalue weighted by Gasteiger charge is 2.11. The maximum atomic E-state index is 13.0. The summed E-state index contributed by atoms with van der Waals surface area (Å²) >= 11 is 6.86. The van der Waals surface area contributed by atoms with Crippen molar-refractivity contribution in [2.24, 2.45) is 5.73 Å². The average Bonchev–Trinajstić information content (AvgIpc) is 2.72. The molecule has 0 atom stereocenters. The topological polar surface area (TPSA) is 81.1 Å². The Morgan fingerprint density at radius 3 is 2.74 bits per heavy atom. The van der Waals surface area contributed by atoms with Crippen LogP contribution in [0.3, 0.4) is 0 Å². The number of carbonyl (C=O) groups excluding carboxylic acids is 1. The van der Waals surface area contributed by atoms with Gasteiger partial charge in [0, 0.05) is 6.54 Å². The minimum absolute atomic E-state index is 0.0721. The van der Waals surface area contributed by atoms with Crippen molar-refractivity contribution >= 4 is 39.5 Å². The van der Waals surface area contributed by atoms with Crippen LogP contribution in [0.2, 0.25) is 5.02 Å². The zero-order valence-electron chi connectivity index (χ0n) is 9.74. The Bertz CT molecular complexity index is 629. The molecule has 100 valence electrons. The normalized spacial score (nSPS) is 10.4. The van der Waals surface area contributed by atoms with Crippen molar-refractivity contribution in [3.8, 4) is 0 Å². The van der Waals surface area contributed by atoms with Crippen molar-refractivity contribution in [1.29, 1.82) is 0 Å². The minimum Gasteiger partial charge on any atom is -0.397 e. The number of amides is 1. The van der Waals surface area contributed by atoms with E-state index >= 15 is 0 Å². The first kappa shape index (κ1) is 13.6. The van der Waals surface area contributed by atoms with Gasteiger partial charge >= 0.3 is 0 Å². The summed E-state index contributed by atoms with van der Waals surface area (Å²) in [4.78, 5) is 11.4. The van der Waals surface area contributed by atoms with Gasteiger partial charge in [-0.25, -0.2) is 4.39 Å². The molecule has 0 radical (unpaired) electrons. The molecule has 0 unspecified atom stereocenters. The van der Waals surface area contributed by atoms with Gasteiger partial charge in [-0.3, -0.25) is 4.79 Å². The van der Waals surface area contributed by atoms with E-state index in [1.54, 1.807) is 12.1 Å². The van der Waals surface area contributed by atoms with Gasteiger partial charge in [0.2, 0.25) is 0 Å². The van der Waals surface area contributed by atoms with Gasteiger partial charge in [0.15, 0.2) is 0 Å². The van der Waals surface area contributed by atoms with Gasteiger partial charge in [0.1, 0.15) is 10.7 Å². The average molecular weight is 300 g/mol. The number of primary amides is 1. The molecule has 0 spiro atoms. The Morgan fingerprint density at radius 2 is 2.16 bits per heavy atom. The van der Waals surface area contributed by atoms with Crippen molar-refractivity contribution in [2.75, 3.05) is 11.1 Å². The molecule has 0 aliphatic carbocycles. The second-order valence-electron chi connectivity index (χ2n) is 3.86. The first-order valence-electron chi connectivity index (χ1n) is 5.34. The summed E-state index contributed by atoms with van der Waals surface area (Å²) in [5.74, 6) is -1.01. The number of anilines is 2. The summed E-state index contributed by atoms with van der Waals surface area (Å²) in [5, 5.41) is 3.86. The maximum Gasteiger partial charge on any atom is 0.260 e. The Morgan fingerprint density at radius 1 is 1.42 bits per heavy atom. The number of benzene rings is 1. The summed E-state index contributed by atoms with van der Waals surface area (Å²) < 4.78 is 13.0. The molecular weight excluding hydrogens is 289 g/mol. The molecule has 4 nitrogen and oxygen atoms in total. The van der Waals surface area contributed by atoms with E-state index in [1.165, 1.54) is 23.5 Å². The summed E-state index contributed by atoms with van der Waals surface area (Å²) in [6.45, 7) is 0.443. The minimum atomic E-state index is -0.555. The van der Waals surface area contributed by atoms with E-state index in [0.29, 0.717) is 22.1 Å². The molecule has 7 heteroatoms. The van der Waals surface area contributed by atoms with Crippen LogP contribution in [0.5, 0.6) is 0 Å². The molecule has 0 saturated carbocycles. The number of carbonyl (C=O) groups is 1. The fourth-order valence-corrected chi connectivity index (χ4v) is 2.55. The summed E-state index contributed by atoms with van der Waals surface area (Å²) in [6, 6.07) is 6.10. The number of nitrogens with two attached hydrogens (primary N) is 2. The Hall–Kier alpha value is -1.79. The van der Waals surface area contributed by atoms with Crippen molar-refractivity contribution in [3.05, 3.63) is 45.5 Å². The molecule has 1 aromatic carbocycles. The summed E-state index contributed by atoms with van der Waals surface area (Å²) in [7, 11) is 0. The largest absolute Gasteiger partial charge is 0.397 e. The zero-order valence-corrected chi connectivity index (χ0v) is 11.3. The Labute approximate surface area is 118 Å². The SMILES string of the molecule is NC(=O)c1sc(NCc2ccc(F)c(Cl)c2)cc1N. The second-order valence-corrected chi connectivity index (χ2v) is 5.32. The molecule has 2 rings (SSSR count). The maximum absolute atomic E-state index is 13.0. The molecule has 0 fully saturated rings. The molecule has 1 aromatic heterocycles. The monoisotopic (exact) mass is 299 g/mol. The highest BCUT2D eigenvalue weighted by atomic mass is 35.5. The smallest absolute Gasteiger partial charge is 0.260 e. The summed E-state index contributed by atoms with van der Waals surface area (Å²) in [6.07, 6.45) is 0. The Kier molecular flexibility index (Phi) is 3.92. The highest BCUT2D eigenvalue weighted by molar-refractivity contribution is 7.18. The van der Waals surface area contributed by atoms with E-state index in [1.807, 2.05) is 0 Å². The molecule has 2 aromatic rings. The van der Waals surface area contributed by atoms with Gasteiger partial charge in [0.25, 0.3) is 5.91 Å². The fourth-order valence-electron chi connectivity index (χ4n) is 1.52. The van der Waals surface area contributed by atoms with Crippen LogP contribution in [0.25, 0.3) is 0 Å². The molecule has 0 aliphatic rings. The first-order chi connectivity index (χ1) is 8.97. The van der Waals surface area contributed by atoms with E-state index in [9.17, 15) is 9.18 Å². The number of nitrogen functional groups attached to an aromatic ring is 1. The summed E-state index contributed by atoms with van der Waals surface area (Å²) in [5.41, 5.74) is 12.0. The third-order valence-corrected chi connectivity index (χ3v) is 3.85. The number of hydrogen-bond donors (Lipinski definition) is 3. The van der Waals surface area contributed by atoms with Gasteiger partial charge < -0.3 is 16.8 Å². The van der Waals surface area contributed by atoms with Gasteiger partial charge in [-0.15, -0.1) is 11.3 Å². The molecule has 1 heterocycles. The van der Waals surface area contributed by atoms with Crippen molar-refractivity contribution in [1.82, 2.24) is 0 Å². The second kappa shape index (κ2) is 5.46. The molecule has 0 bridgehead atoms. The number of halogens is 2. The number of rotatable bonds is 4. The van der Waals surface area contributed by atoms with Crippen molar-refractivity contribution in [2.45, 2.75) is 6.54 Å². The fraction of sp³-hybridized carbons (Fsp3) is 0.0833. The lowest BCUT2D eigenvalue weighted by atomic mass is 10.2. The van der Waals surface area contributed by atoms with Crippen LogP contribution < -0.4 is 16.8 Å². The number of nitrogens with one attached hydrogen (secondary N) is 1. The van der Waals surface area contributed by atoms with Gasteiger partial charge in [-0.05, 0) is 23.8 Å².